The maximum absolute atomic E-state index is 12.4. The molecule has 0 aromatic rings. The predicted octanol–water partition coefficient (Wildman–Crippen LogP) is 12.0. The molecule has 0 saturated carbocycles. The molecule has 0 aromatic carbocycles. The summed E-state index contributed by atoms with van der Waals surface area (Å²) in [6.45, 7) is 4.16. The number of aliphatic hydroxyl groups excluding tert-OH is 3. The molecule has 5 heteroatoms. The minimum absolute atomic E-state index is 0.151. The highest BCUT2D eigenvalue weighted by Crippen LogP contribution is 2.16. The quantitative estimate of drug-likeness (QED) is 0.0384. The van der Waals surface area contributed by atoms with Gasteiger partial charge in [0.05, 0.1) is 18.8 Å². The van der Waals surface area contributed by atoms with Crippen molar-refractivity contribution in [1.82, 2.24) is 5.32 Å². The fourth-order valence-electron chi connectivity index (χ4n) is 6.75. The smallest absolute Gasteiger partial charge is 0.220 e. The highest BCUT2D eigenvalue weighted by molar-refractivity contribution is 5.76. The van der Waals surface area contributed by atoms with Gasteiger partial charge >= 0.3 is 0 Å². The first-order valence-corrected chi connectivity index (χ1v) is 21.5. The van der Waals surface area contributed by atoms with Crippen LogP contribution in [0.15, 0.2) is 12.2 Å². The van der Waals surface area contributed by atoms with Crippen LogP contribution in [-0.2, 0) is 4.79 Å². The van der Waals surface area contributed by atoms with Gasteiger partial charge in [-0.3, -0.25) is 4.79 Å². The van der Waals surface area contributed by atoms with Crippen molar-refractivity contribution >= 4 is 5.91 Å². The summed E-state index contributed by atoms with van der Waals surface area (Å²) in [5.41, 5.74) is 0. The minimum atomic E-state index is -1.15. The summed E-state index contributed by atoms with van der Waals surface area (Å²) in [5, 5.41) is 33.4. The summed E-state index contributed by atoms with van der Waals surface area (Å²) in [7, 11) is 0. The third-order valence-electron chi connectivity index (χ3n) is 10.1. The summed E-state index contributed by atoms with van der Waals surface area (Å²) in [6.07, 6.45) is 44.7. The number of aliphatic hydroxyl groups is 3. The van der Waals surface area contributed by atoms with E-state index in [1.54, 1.807) is 0 Å². The number of rotatable bonds is 39. The summed E-state index contributed by atoms with van der Waals surface area (Å²) in [4.78, 5) is 12.4. The number of carbonyl (C=O) groups excluding carboxylic acids is 1. The number of hydrogen-bond donors (Lipinski definition) is 4. The molecule has 0 spiro atoms. The van der Waals surface area contributed by atoms with Gasteiger partial charge in [0.15, 0.2) is 0 Å². The number of unbranched alkanes of at least 4 members (excludes halogenated alkanes) is 29. The number of nitrogens with one attached hydrogen (secondary N) is 1. The molecule has 0 rings (SSSR count). The summed E-state index contributed by atoms with van der Waals surface area (Å²) in [6, 6.07) is -0.819. The van der Waals surface area contributed by atoms with Crippen molar-refractivity contribution in [3.63, 3.8) is 0 Å². The van der Waals surface area contributed by atoms with Crippen molar-refractivity contribution in [3.8, 4) is 0 Å². The van der Waals surface area contributed by atoms with Crippen LogP contribution in [0.1, 0.15) is 232 Å². The average molecular weight is 680 g/mol. The maximum Gasteiger partial charge on any atom is 0.220 e. The molecule has 0 aliphatic rings. The summed E-state index contributed by atoms with van der Waals surface area (Å²) < 4.78 is 0. The van der Waals surface area contributed by atoms with Crippen molar-refractivity contribution in [2.75, 3.05) is 6.61 Å². The van der Waals surface area contributed by atoms with Gasteiger partial charge in [0.25, 0.3) is 0 Å². The Balaban J connectivity index is 3.56. The lowest BCUT2D eigenvalue weighted by Gasteiger charge is -2.26. The maximum atomic E-state index is 12.4. The molecule has 0 saturated heterocycles. The van der Waals surface area contributed by atoms with Crippen LogP contribution in [-0.4, -0.2) is 46.1 Å². The standard InChI is InChI=1S/C43H85NO4/c1-3-5-7-9-11-13-15-16-17-18-19-20-21-22-23-24-25-26-28-30-32-34-36-38-42(47)44-40(39-45)43(48)41(46)37-35-33-31-29-27-14-12-10-8-6-4-2/h29,31,40-41,43,45-46,48H,3-28,30,32-39H2,1-2H3,(H,44,47)/b31-29+. The molecule has 0 radical (unpaired) electrons. The highest BCUT2D eigenvalue weighted by Gasteiger charge is 2.26. The van der Waals surface area contributed by atoms with Crippen LogP contribution in [0, 0.1) is 0 Å². The third-order valence-corrected chi connectivity index (χ3v) is 10.1. The Kier molecular flexibility index (Phi) is 38.1. The molecule has 3 atom stereocenters. The van der Waals surface area contributed by atoms with Gasteiger partial charge in [-0.05, 0) is 38.5 Å². The van der Waals surface area contributed by atoms with Crippen LogP contribution in [0.25, 0.3) is 0 Å². The van der Waals surface area contributed by atoms with Gasteiger partial charge in [0.2, 0.25) is 5.91 Å². The van der Waals surface area contributed by atoms with Crippen molar-refractivity contribution in [3.05, 3.63) is 12.2 Å². The van der Waals surface area contributed by atoms with E-state index >= 15 is 0 Å². The van der Waals surface area contributed by atoms with E-state index in [1.807, 2.05) is 0 Å². The molecule has 5 nitrogen and oxygen atoms in total. The Morgan fingerprint density at radius 3 is 1.21 bits per heavy atom. The van der Waals surface area contributed by atoms with E-state index in [4.69, 9.17) is 0 Å². The largest absolute Gasteiger partial charge is 0.394 e. The van der Waals surface area contributed by atoms with Crippen LogP contribution in [0.2, 0.25) is 0 Å². The SMILES string of the molecule is CCCCCCCC/C=C/CCCC(O)C(O)C(CO)NC(=O)CCCCCCCCCCCCCCCCCCCCCCCCC. The van der Waals surface area contributed by atoms with Gasteiger partial charge in [-0.15, -0.1) is 0 Å². The zero-order chi connectivity index (χ0) is 35.2. The van der Waals surface area contributed by atoms with E-state index in [1.165, 1.54) is 167 Å². The topological polar surface area (TPSA) is 89.8 Å². The van der Waals surface area contributed by atoms with Gasteiger partial charge < -0.3 is 20.6 Å². The molecule has 48 heavy (non-hydrogen) atoms. The first-order chi connectivity index (χ1) is 23.6. The van der Waals surface area contributed by atoms with Crippen molar-refractivity contribution in [2.24, 2.45) is 0 Å². The van der Waals surface area contributed by atoms with Crippen LogP contribution in [0.5, 0.6) is 0 Å². The second-order valence-corrected chi connectivity index (χ2v) is 14.9. The van der Waals surface area contributed by atoms with E-state index < -0.39 is 18.2 Å². The molecule has 0 fully saturated rings. The highest BCUT2D eigenvalue weighted by atomic mass is 16.3. The van der Waals surface area contributed by atoms with E-state index in [-0.39, 0.29) is 12.5 Å². The van der Waals surface area contributed by atoms with Gasteiger partial charge in [-0.1, -0.05) is 199 Å². The number of amides is 1. The fourth-order valence-corrected chi connectivity index (χ4v) is 6.75. The Morgan fingerprint density at radius 2 is 0.833 bits per heavy atom. The molecule has 4 N–H and O–H groups in total. The molecule has 0 aromatic heterocycles. The first kappa shape index (κ1) is 47.1. The second kappa shape index (κ2) is 38.9. The molecule has 286 valence electrons. The Labute approximate surface area is 299 Å². The van der Waals surface area contributed by atoms with Crippen LogP contribution in [0.4, 0.5) is 0 Å². The number of carbonyl (C=O) groups is 1. The molecule has 0 heterocycles. The first-order valence-electron chi connectivity index (χ1n) is 21.5. The average Bonchev–Trinajstić information content (AvgIpc) is 3.09. The van der Waals surface area contributed by atoms with E-state index in [2.05, 4.69) is 31.3 Å². The van der Waals surface area contributed by atoms with Crippen LogP contribution >= 0.6 is 0 Å². The summed E-state index contributed by atoms with van der Waals surface area (Å²) in [5.74, 6) is -0.151. The normalized spacial score (nSPS) is 13.7. The lowest BCUT2D eigenvalue weighted by molar-refractivity contribution is -0.124. The van der Waals surface area contributed by atoms with Gasteiger partial charge in [-0.25, -0.2) is 0 Å². The lowest BCUT2D eigenvalue weighted by atomic mass is 10.0. The zero-order valence-electron chi connectivity index (χ0n) is 32.4. The summed E-state index contributed by atoms with van der Waals surface area (Å²) >= 11 is 0. The van der Waals surface area contributed by atoms with Crippen molar-refractivity contribution in [1.29, 1.82) is 0 Å². The molecule has 0 bridgehead atoms. The number of hydrogen-bond acceptors (Lipinski definition) is 4. The van der Waals surface area contributed by atoms with Crippen LogP contribution < -0.4 is 5.32 Å². The molecule has 0 aliphatic carbocycles. The third kappa shape index (κ3) is 33.6. The second-order valence-electron chi connectivity index (χ2n) is 14.9. The van der Waals surface area contributed by atoms with E-state index in [0.29, 0.717) is 12.8 Å². The Morgan fingerprint density at radius 1 is 0.500 bits per heavy atom. The predicted molar refractivity (Wildman–Crippen MR) is 208 cm³/mol. The molecular weight excluding hydrogens is 594 g/mol. The van der Waals surface area contributed by atoms with Gasteiger partial charge in [-0.2, -0.15) is 0 Å². The molecule has 0 aliphatic heterocycles. The molecule has 3 unspecified atom stereocenters. The van der Waals surface area contributed by atoms with E-state index in [0.717, 1.165) is 38.5 Å². The Bertz CT molecular complexity index is 669. The van der Waals surface area contributed by atoms with Gasteiger partial charge in [0.1, 0.15) is 6.10 Å². The van der Waals surface area contributed by atoms with Crippen LogP contribution in [0.3, 0.4) is 0 Å². The fraction of sp³-hybridized carbons (Fsp3) is 0.930. The lowest BCUT2D eigenvalue weighted by Crippen LogP contribution is -2.50. The van der Waals surface area contributed by atoms with Gasteiger partial charge in [0, 0.05) is 6.42 Å². The molecular formula is C43H85NO4. The molecule has 1 amide bonds. The minimum Gasteiger partial charge on any atom is -0.394 e. The zero-order valence-corrected chi connectivity index (χ0v) is 32.4. The Hall–Kier alpha value is -0.910. The number of allylic oxidation sites excluding steroid dienone is 2. The monoisotopic (exact) mass is 680 g/mol. The van der Waals surface area contributed by atoms with E-state index in [9.17, 15) is 20.1 Å². The van der Waals surface area contributed by atoms with Crippen molar-refractivity contribution in [2.45, 2.75) is 250 Å². The van der Waals surface area contributed by atoms with Crippen molar-refractivity contribution < 1.29 is 20.1 Å².